The van der Waals surface area contributed by atoms with Gasteiger partial charge in [-0.1, -0.05) is 12.1 Å². The largest absolute Gasteiger partial charge is 0.496 e. The topological polar surface area (TPSA) is 34.5 Å². The van der Waals surface area contributed by atoms with E-state index >= 15 is 0 Å². The van der Waals surface area contributed by atoms with Crippen molar-refractivity contribution in [2.45, 2.75) is 25.4 Å². The SMILES string of the molecule is COc1ccc(CN2C[C@H]3C[C@H](C2)c2cccc(=O)n2C3)cc1Br. The summed E-state index contributed by atoms with van der Waals surface area (Å²) in [6, 6.07) is 12.0. The molecule has 1 fully saturated rings. The Kier molecular flexibility index (Phi) is 4.22. The number of ether oxygens (including phenoxy) is 1. The maximum Gasteiger partial charge on any atom is 0.250 e. The van der Waals surface area contributed by atoms with Crippen LogP contribution in [-0.2, 0) is 13.1 Å². The molecule has 0 unspecified atom stereocenters. The lowest BCUT2D eigenvalue weighted by Gasteiger charge is -2.42. The van der Waals surface area contributed by atoms with Gasteiger partial charge in [0.25, 0.3) is 5.56 Å². The van der Waals surface area contributed by atoms with Crippen molar-refractivity contribution in [1.29, 1.82) is 0 Å². The normalized spacial score (nSPS) is 22.9. The summed E-state index contributed by atoms with van der Waals surface area (Å²) in [6.07, 6.45) is 1.20. The van der Waals surface area contributed by atoms with E-state index in [0.29, 0.717) is 11.8 Å². The molecule has 2 aliphatic rings. The second-order valence-electron chi connectivity index (χ2n) is 6.86. The number of halogens is 1. The number of fused-ring (bicyclic) bond motifs is 4. The van der Waals surface area contributed by atoms with E-state index in [-0.39, 0.29) is 5.56 Å². The lowest BCUT2D eigenvalue weighted by molar-refractivity contribution is 0.114. The molecule has 2 aromatic rings. The van der Waals surface area contributed by atoms with Crippen LogP contribution in [0.2, 0.25) is 0 Å². The molecule has 3 heterocycles. The molecule has 0 N–H and O–H groups in total. The first-order valence-electron chi connectivity index (χ1n) is 8.38. The van der Waals surface area contributed by atoms with E-state index < -0.39 is 0 Å². The minimum atomic E-state index is 0.148. The molecular formula is C19H21BrN2O2. The molecule has 0 saturated carbocycles. The number of hydrogen-bond acceptors (Lipinski definition) is 3. The van der Waals surface area contributed by atoms with E-state index in [2.05, 4.69) is 39.0 Å². The smallest absolute Gasteiger partial charge is 0.250 e. The van der Waals surface area contributed by atoms with E-state index in [1.165, 1.54) is 17.7 Å². The quantitative estimate of drug-likeness (QED) is 0.809. The number of likely N-dealkylation sites (tertiary alicyclic amines) is 1. The molecule has 0 amide bonds. The molecule has 2 aliphatic heterocycles. The Hall–Kier alpha value is -1.59. The zero-order chi connectivity index (χ0) is 16.7. The first-order chi connectivity index (χ1) is 11.6. The molecule has 2 bridgehead atoms. The lowest BCUT2D eigenvalue weighted by atomic mass is 9.83. The van der Waals surface area contributed by atoms with Crippen molar-refractivity contribution in [3.63, 3.8) is 0 Å². The van der Waals surface area contributed by atoms with Crippen LogP contribution in [0.5, 0.6) is 5.75 Å². The van der Waals surface area contributed by atoms with Crippen LogP contribution < -0.4 is 10.3 Å². The highest BCUT2D eigenvalue weighted by Gasteiger charge is 2.34. The monoisotopic (exact) mass is 388 g/mol. The van der Waals surface area contributed by atoms with Gasteiger partial charge in [-0.25, -0.2) is 0 Å². The van der Waals surface area contributed by atoms with Gasteiger partial charge in [-0.05, 0) is 52.0 Å². The lowest BCUT2D eigenvalue weighted by Crippen LogP contribution is -2.46. The van der Waals surface area contributed by atoms with Crippen LogP contribution in [0.1, 0.15) is 23.6 Å². The van der Waals surface area contributed by atoms with Crippen molar-refractivity contribution in [3.05, 3.63) is 62.5 Å². The summed E-state index contributed by atoms with van der Waals surface area (Å²) in [4.78, 5) is 14.6. The van der Waals surface area contributed by atoms with Crippen LogP contribution in [0.25, 0.3) is 0 Å². The molecule has 4 nitrogen and oxygen atoms in total. The number of methoxy groups -OCH3 is 1. The van der Waals surface area contributed by atoms with Crippen LogP contribution in [0.4, 0.5) is 0 Å². The summed E-state index contributed by atoms with van der Waals surface area (Å²) in [5.41, 5.74) is 2.64. The van der Waals surface area contributed by atoms with Crippen molar-refractivity contribution < 1.29 is 4.74 Å². The van der Waals surface area contributed by atoms with Gasteiger partial charge >= 0.3 is 0 Å². The van der Waals surface area contributed by atoms with Crippen molar-refractivity contribution >= 4 is 15.9 Å². The predicted octanol–water partition coefficient (Wildman–Crippen LogP) is 3.24. The Morgan fingerprint density at radius 1 is 1.21 bits per heavy atom. The number of nitrogens with zero attached hydrogens (tertiary/aromatic N) is 2. The third kappa shape index (κ3) is 2.91. The van der Waals surface area contributed by atoms with Crippen LogP contribution >= 0.6 is 15.9 Å². The van der Waals surface area contributed by atoms with Gasteiger partial charge in [0, 0.05) is 43.9 Å². The Balaban J connectivity index is 1.54. The Labute approximate surface area is 150 Å². The fraction of sp³-hybridized carbons (Fsp3) is 0.421. The molecule has 0 spiro atoms. The first kappa shape index (κ1) is 15.9. The van der Waals surface area contributed by atoms with Gasteiger partial charge in [0.2, 0.25) is 0 Å². The van der Waals surface area contributed by atoms with E-state index in [1.54, 1.807) is 13.2 Å². The summed E-state index contributed by atoms with van der Waals surface area (Å²) in [5.74, 6) is 1.90. The van der Waals surface area contributed by atoms with E-state index in [0.717, 1.165) is 36.4 Å². The molecule has 0 radical (unpaired) electrons. The fourth-order valence-corrected chi connectivity index (χ4v) is 4.78. The number of pyridine rings is 1. The third-order valence-corrected chi connectivity index (χ3v) is 5.80. The average Bonchev–Trinajstić information content (AvgIpc) is 2.56. The van der Waals surface area contributed by atoms with Crippen LogP contribution in [0, 0.1) is 5.92 Å². The summed E-state index contributed by atoms with van der Waals surface area (Å²) in [5, 5.41) is 0. The standard InChI is InChI=1S/C19H21BrN2O2/c1-24-18-6-5-13(8-16(18)20)9-21-10-14-7-15(12-21)17-3-2-4-19(23)22(17)11-14/h2-6,8,14-15H,7,9-12H2,1H3/t14-,15-/m1/s1. The van der Waals surface area contributed by atoms with Crippen molar-refractivity contribution in [3.8, 4) is 5.75 Å². The van der Waals surface area contributed by atoms with Gasteiger partial charge in [0.15, 0.2) is 0 Å². The van der Waals surface area contributed by atoms with Gasteiger partial charge < -0.3 is 9.30 Å². The zero-order valence-corrected chi connectivity index (χ0v) is 15.3. The molecule has 126 valence electrons. The number of piperidine rings is 1. The van der Waals surface area contributed by atoms with E-state index in [9.17, 15) is 4.79 Å². The average molecular weight is 389 g/mol. The summed E-state index contributed by atoms with van der Waals surface area (Å²) in [6.45, 7) is 3.87. The molecule has 1 aromatic carbocycles. The number of hydrogen-bond donors (Lipinski definition) is 0. The first-order valence-corrected chi connectivity index (χ1v) is 9.18. The fourth-order valence-electron chi connectivity index (χ4n) is 4.19. The molecule has 1 saturated heterocycles. The minimum Gasteiger partial charge on any atom is -0.496 e. The molecule has 2 atom stereocenters. The number of aromatic nitrogens is 1. The van der Waals surface area contributed by atoms with Gasteiger partial charge in [-0.2, -0.15) is 0 Å². The van der Waals surface area contributed by atoms with Crippen LogP contribution in [-0.4, -0.2) is 29.7 Å². The maximum absolute atomic E-state index is 12.1. The van der Waals surface area contributed by atoms with E-state index in [4.69, 9.17) is 4.74 Å². The molecule has 0 aliphatic carbocycles. The molecular weight excluding hydrogens is 368 g/mol. The Morgan fingerprint density at radius 3 is 2.88 bits per heavy atom. The third-order valence-electron chi connectivity index (χ3n) is 5.18. The van der Waals surface area contributed by atoms with Gasteiger partial charge in [0.05, 0.1) is 11.6 Å². The molecule has 24 heavy (non-hydrogen) atoms. The predicted molar refractivity (Wildman–Crippen MR) is 97.5 cm³/mol. The molecule has 4 rings (SSSR count). The van der Waals surface area contributed by atoms with Gasteiger partial charge in [0.1, 0.15) is 5.75 Å². The van der Waals surface area contributed by atoms with Crippen LogP contribution in [0.3, 0.4) is 0 Å². The van der Waals surface area contributed by atoms with Gasteiger partial charge in [-0.3, -0.25) is 9.69 Å². The zero-order valence-electron chi connectivity index (χ0n) is 13.7. The highest BCUT2D eigenvalue weighted by atomic mass is 79.9. The number of benzene rings is 1. The minimum absolute atomic E-state index is 0.148. The van der Waals surface area contributed by atoms with Crippen molar-refractivity contribution in [2.24, 2.45) is 5.92 Å². The Bertz CT molecular complexity index is 817. The maximum atomic E-state index is 12.1. The summed E-state index contributed by atoms with van der Waals surface area (Å²) < 4.78 is 8.29. The number of rotatable bonds is 3. The summed E-state index contributed by atoms with van der Waals surface area (Å²) >= 11 is 3.57. The van der Waals surface area contributed by atoms with Crippen molar-refractivity contribution in [1.82, 2.24) is 9.47 Å². The highest BCUT2D eigenvalue weighted by molar-refractivity contribution is 9.10. The van der Waals surface area contributed by atoms with Crippen molar-refractivity contribution in [2.75, 3.05) is 20.2 Å². The summed E-state index contributed by atoms with van der Waals surface area (Å²) in [7, 11) is 1.69. The highest BCUT2D eigenvalue weighted by Crippen LogP contribution is 2.35. The van der Waals surface area contributed by atoms with E-state index in [1.807, 2.05) is 16.7 Å². The van der Waals surface area contributed by atoms with Gasteiger partial charge in [-0.15, -0.1) is 0 Å². The molecule has 5 heteroatoms. The second-order valence-corrected chi connectivity index (χ2v) is 7.72. The molecule has 1 aromatic heterocycles. The Morgan fingerprint density at radius 2 is 2.08 bits per heavy atom. The second kappa shape index (κ2) is 6.37. The van der Waals surface area contributed by atoms with Crippen LogP contribution in [0.15, 0.2) is 45.7 Å².